The Morgan fingerprint density at radius 1 is 1.55 bits per heavy atom. The van der Waals surface area contributed by atoms with E-state index in [0.29, 0.717) is 6.54 Å². The van der Waals surface area contributed by atoms with E-state index in [-0.39, 0.29) is 0 Å². The molecule has 0 unspecified atom stereocenters. The minimum absolute atomic E-state index is 0.439. The molecule has 3 nitrogen and oxygen atoms in total. The second-order valence-electron chi connectivity index (χ2n) is 2.33. The first kappa shape index (κ1) is 6.37. The summed E-state index contributed by atoms with van der Waals surface area (Å²) in [6.45, 7) is 0.439. The summed E-state index contributed by atoms with van der Waals surface area (Å²) < 4.78 is 5.33. The topological polar surface area (TPSA) is 52.0 Å². The summed E-state index contributed by atoms with van der Waals surface area (Å²) in [5.41, 5.74) is 6.20. The lowest BCUT2D eigenvalue weighted by Gasteiger charge is -1.83. The third-order valence-electron chi connectivity index (χ3n) is 1.58. The molecule has 0 bridgehead atoms. The van der Waals surface area contributed by atoms with Crippen LogP contribution in [0, 0.1) is 0 Å². The maximum absolute atomic E-state index is 5.40. The zero-order valence-corrected chi connectivity index (χ0v) is 5.95. The van der Waals surface area contributed by atoms with E-state index in [2.05, 4.69) is 4.98 Å². The molecule has 0 aliphatic heterocycles. The van der Waals surface area contributed by atoms with Gasteiger partial charge in [0.15, 0.2) is 5.58 Å². The van der Waals surface area contributed by atoms with Gasteiger partial charge in [-0.1, -0.05) is 0 Å². The van der Waals surface area contributed by atoms with Crippen molar-refractivity contribution in [2.75, 3.05) is 0 Å². The summed E-state index contributed by atoms with van der Waals surface area (Å²) in [5, 5.41) is 1.06. The Morgan fingerprint density at radius 3 is 3.18 bits per heavy atom. The minimum Gasteiger partial charge on any atom is -0.458 e. The molecule has 0 spiro atoms. The average Bonchev–Trinajstić information content (AvgIpc) is 2.46. The first-order chi connectivity index (χ1) is 5.40. The summed E-state index contributed by atoms with van der Waals surface area (Å²) in [7, 11) is 0. The van der Waals surface area contributed by atoms with Crippen LogP contribution in [0.2, 0.25) is 0 Å². The van der Waals surface area contributed by atoms with Crippen LogP contribution >= 0.6 is 0 Å². The number of furan rings is 1. The first-order valence-electron chi connectivity index (χ1n) is 3.42. The van der Waals surface area contributed by atoms with Crippen molar-refractivity contribution in [2.45, 2.75) is 6.54 Å². The fraction of sp³-hybridized carbons (Fsp3) is 0.125. The molecular formula is C8H8N2O. The monoisotopic (exact) mass is 148 g/mol. The number of nitrogens with zero attached hydrogens (tertiary/aromatic N) is 1. The maximum atomic E-state index is 5.40. The number of hydrogen-bond donors (Lipinski definition) is 1. The molecule has 0 amide bonds. The first-order valence-corrected chi connectivity index (χ1v) is 3.42. The van der Waals surface area contributed by atoms with Crippen LogP contribution < -0.4 is 5.73 Å². The van der Waals surface area contributed by atoms with E-state index in [0.717, 1.165) is 16.7 Å². The van der Waals surface area contributed by atoms with Crippen LogP contribution in [-0.4, -0.2) is 4.98 Å². The molecule has 0 saturated heterocycles. The van der Waals surface area contributed by atoms with Crippen molar-refractivity contribution in [1.29, 1.82) is 0 Å². The van der Waals surface area contributed by atoms with Crippen molar-refractivity contribution in [3.63, 3.8) is 0 Å². The largest absolute Gasteiger partial charge is 0.458 e. The SMILES string of the molecule is NCc1cc2ccncc2o1. The quantitative estimate of drug-likeness (QED) is 0.662. The highest BCUT2D eigenvalue weighted by atomic mass is 16.3. The van der Waals surface area contributed by atoms with Crippen molar-refractivity contribution in [2.24, 2.45) is 5.73 Å². The average molecular weight is 148 g/mol. The summed E-state index contributed by atoms with van der Waals surface area (Å²) in [5.74, 6) is 0.799. The van der Waals surface area contributed by atoms with Gasteiger partial charge in [0, 0.05) is 11.6 Å². The summed E-state index contributed by atoms with van der Waals surface area (Å²) in [6.07, 6.45) is 3.42. The molecule has 0 aliphatic rings. The number of rotatable bonds is 1. The van der Waals surface area contributed by atoms with Crippen molar-refractivity contribution >= 4 is 11.0 Å². The second-order valence-corrected chi connectivity index (χ2v) is 2.33. The predicted molar refractivity (Wildman–Crippen MR) is 41.9 cm³/mol. The van der Waals surface area contributed by atoms with Gasteiger partial charge in [0.2, 0.25) is 0 Å². The fourth-order valence-corrected chi connectivity index (χ4v) is 1.04. The number of pyridine rings is 1. The Morgan fingerprint density at radius 2 is 2.45 bits per heavy atom. The Bertz CT molecular complexity index is 334. The molecule has 0 saturated carbocycles. The summed E-state index contributed by atoms with van der Waals surface area (Å²) in [4.78, 5) is 3.93. The van der Waals surface area contributed by atoms with Gasteiger partial charge in [0.1, 0.15) is 5.76 Å². The van der Waals surface area contributed by atoms with Gasteiger partial charge in [-0.25, -0.2) is 0 Å². The van der Waals surface area contributed by atoms with Crippen LogP contribution in [0.3, 0.4) is 0 Å². The van der Waals surface area contributed by atoms with Gasteiger partial charge in [0.05, 0.1) is 12.7 Å². The van der Waals surface area contributed by atoms with Crippen LogP contribution in [0.4, 0.5) is 0 Å². The highest BCUT2D eigenvalue weighted by Crippen LogP contribution is 2.16. The molecule has 0 radical (unpaired) electrons. The molecular weight excluding hydrogens is 140 g/mol. The number of nitrogens with two attached hydrogens (primary N) is 1. The van der Waals surface area contributed by atoms with Crippen LogP contribution in [-0.2, 0) is 6.54 Å². The summed E-state index contributed by atoms with van der Waals surface area (Å²) >= 11 is 0. The zero-order chi connectivity index (χ0) is 7.68. The lowest BCUT2D eigenvalue weighted by Crippen LogP contribution is -1.92. The van der Waals surface area contributed by atoms with E-state index in [9.17, 15) is 0 Å². The number of aromatic nitrogens is 1. The Hall–Kier alpha value is -1.35. The Balaban J connectivity index is 2.69. The number of fused-ring (bicyclic) bond motifs is 1. The standard InChI is InChI=1S/C8H8N2O/c9-4-7-3-6-1-2-10-5-8(6)11-7/h1-3,5H,4,9H2. The maximum Gasteiger partial charge on any atom is 0.152 e. The van der Waals surface area contributed by atoms with Crippen molar-refractivity contribution in [3.8, 4) is 0 Å². The van der Waals surface area contributed by atoms with Crippen LogP contribution in [0.15, 0.2) is 28.9 Å². The van der Waals surface area contributed by atoms with Gasteiger partial charge in [-0.15, -0.1) is 0 Å². The molecule has 0 fully saturated rings. The molecule has 2 aromatic rings. The molecule has 2 aromatic heterocycles. The molecule has 2 heterocycles. The van der Waals surface area contributed by atoms with Gasteiger partial charge < -0.3 is 10.2 Å². The smallest absolute Gasteiger partial charge is 0.152 e. The third-order valence-corrected chi connectivity index (χ3v) is 1.58. The van der Waals surface area contributed by atoms with Gasteiger partial charge in [-0.05, 0) is 12.1 Å². The van der Waals surface area contributed by atoms with Crippen molar-refractivity contribution in [3.05, 3.63) is 30.3 Å². The minimum atomic E-state index is 0.439. The molecule has 2 rings (SSSR count). The van der Waals surface area contributed by atoms with E-state index in [1.54, 1.807) is 12.4 Å². The summed E-state index contributed by atoms with van der Waals surface area (Å²) in [6, 6.07) is 3.83. The van der Waals surface area contributed by atoms with E-state index in [4.69, 9.17) is 10.2 Å². The van der Waals surface area contributed by atoms with E-state index in [1.807, 2.05) is 12.1 Å². The van der Waals surface area contributed by atoms with E-state index in [1.165, 1.54) is 0 Å². The Labute approximate surface area is 63.8 Å². The lowest BCUT2D eigenvalue weighted by atomic mass is 10.3. The Kier molecular flexibility index (Phi) is 1.36. The van der Waals surface area contributed by atoms with Crippen LogP contribution in [0.1, 0.15) is 5.76 Å². The predicted octanol–water partition coefficient (Wildman–Crippen LogP) is 1.29. The molecule has 3 heteroatoms. The van der Waals surface area contributed by atoms with Gasteiger partial charge in [-0.2, -0.15) is 0 Å². The van der Waals surface area contributed by atoms with E-state index < -0.39 is 0 Å². The highest BCUT2D eigenvalue weighted by Gasteiger charge is 1.99. The zero-order valence-electron chi connectivity index (χ0n) is 5.95. The van der Waals surface area contributed by atoms with Gasteiger partial charge in [-0.3, -0.25) is 4.98 Å². The van der Waals surface area contributed by atoms with Gasteiger partial charge in [0.25, 0.3) is 0 Å². The number of hydrogen-bond acceptors (Lipinski definition) is 3. The fourth-order valence-electron chi connectivity index (χ4n) is 1.04. The highest BCUT2D eigenvalue weighted by molar-refractivity contribution is 5.76. The molecule has 0 aliphatic carbocycles. The second kappa shape index (κ2) is 2.36. The lowest BCUT2D eigenvalue weighted by molar-refractivity contribution is 0.551. The molecule has 56 valence electrons. The van der Waals surface area contributed by atoms with E-state index >= 15 is 0 Å². The molecule has 0 atom stereocenters. The molecule has 0 aromatic carbocycles. The van der Waals surface area contributed by atoms with Crippen LogP contribution in [0.25, 0.3) is 11.0 Å². The van der Waals surface area contributed by atoms with Crippen molar-refractivity contribution in [1.82, 2.24) is 4.98 Å². The third kappa shape index (κ3) is 0.991. The normalized spacial score (nSPS) is 10.6. The van der Waals surface area contributed by atoms with Gasteiger partial charge >= 0.3 is 0 Å². The molecule has 11 heavy (non-hydrogen) atoms. The van der Waals surface area contributed by atoms with Crippen LogP contribution in [0.5, 0.6) is 0 Å². The van der Waals surface area contributed by atoms with Crippen molar-refractivity contribution < 1.29 is 4.42 Å². The molecule has 2 N–H and O–H groups in total.